The zero-order chi connectivity index (χ0) is 11.3. The molecular weight excluding hydrogens is 216 g/mol. The van der Waals surface area contributed by atoms with Gasteiger partial charge >= 0.3 is 5.97 Å². The number of carbonyl (C=O) groups excluding carboxylic acids is 1. The van der Waals surface area contributed by atoms with Gasteiger partial charge in [-0.25, -0.2) is 4.79 Å². The van der Waals surface area contributed by atoms with Crippen LogP contribution in [0.4, 0.5) is 0 Å². The second-order valence-electron chi connectivity index (χ2n) is 2.90. The summed E-state index contributed by atoms with van der Waals surface area (Å²) in [6.45, 7) is 4.67. The van der Waals surface area contributed by atoms with Gasteiger partial charge in [-0.1, -0.05) is 36.4 Å². The number of hydrogen-bond donors (Lipinski definition) is 0. The Balaban J connectivity index is 2.72. The van der Waals surface area contributed by atoms with Crippen molar-refractivity contribution in [2.45, 2.75) is 12.0 Å². The standard InChI is InChI=1S/C11H11ClO3/c1-3-14-10(13)11(2,12)15-9-7-5-4-6-8-9/h3-8H,1H2,2H3. The summed E-state index contributed by atoms with van der Waals surface area (Å²) < 4.78 is 9.81. The van der Waals surface area contributed by atoms with E-state index in [0.29, 0.717) is 5.75 Å². The molecule has 0 aliphatic heterocycles. The van der Waals surface area contributed by atoms with Crippen molar-refractivity contribution in [2.24, 2.45) is 0 Å². The smallest absolute Gasteiger partial charge is 0.371 e. The Bertz CT molecular complexity index is 346. The van der Waals surface area contributed by atoms with Gasteiger partial charge in [0.1, 0.15) is 5.75 Å². The highest BCUT2D eigenvalue weighted by Crippen LogP contribution is 2.22. The average Bonchev–Trinajstić information content (AvgIpc) is 2.19. The van der Waals surface area contributed by atoms with Gasteiger partial charge in [-0.3, -0.25) is 0 Å². The summed E-state index contributed by atoms with van der Waals surface area (Å²) in [5.74, 6) is -0.209. The molecule has 0 aliphatic rings. The van der Waals surface area contributed by atoms with Crippen molar-refractivity contribution in [3.05, 3.63) is 43.2 Å². The van der Waals surface area contributed by atoms with Crippen molar-refractivity contribution in [3.63, 3.8) is 0 Å². The van der Waals surface area contributed by atoms with E-state index in [4.69, 9.17) is 16.3 Å². The number of para-hydroxylation sites is 1. The molecule has 1 aromatic carbocycles. The summed E-state index contributed by atoms with van der Waals surface area (Å²) in [7, 11) is 0. The Morgan fingerprint density at radius 2 is 2.07 bits per heavy atom. The first kappa shape index (κ1) is 11.6. The van der Waals surface area contributed by atoms with E-state index in [0.717, 1.165) is 6.26 Å². The van der Waals surface area contributed by atoms with E-state index in [-0.39, 0.29) is 0 Å². The van der Waals surface area contributed by atoms with Crippen LogP contribution in [0.25, 0.3) is 0 Å². The van der Waals surface area contributed by atoms with Crippen molar-refractivity contribution in [1.82, 2.24) is 0 Å². The van der Waals surface area contributed by atoms with Gasteiger partial charge in [-0.15, -0.1) is 0 Å². The van der Waals surface area contributed by atoms with Crippen LogP contribution in [0, 0.1) is 0 Å². The van der Waals surface area contributed by atoms with Crippen molar-refractivity contribution in [3.8, 4) is 5.75 Å². The maximum atomic E-state index is 11.3. The van der Waals surface area contributed by atoms with Gasteiger partial charge in [0, 0.05) is 6.92 Å². The molecule has 1 atom stereocenters. The Morgan fingerprint density at radius 3 is 2.60 bits per heavy atom. The molecule has 3 nitrogen and oxygen atoms in total. The Hall–Kier alpha value is -1.48. The number of carbonyl (C=O) groups is 1. The van der Waals surface area contributed by atoms with Crippen LogP contribution in [0.3, 0.4) is 0 Å². The van der Waals surface area contributed by atoms with Crippen LogP contribution in [0.15, 0.2) is 43.2 Å². The lowest BCUT2D eigenvalue weighted by atomic mass is 10.3. The van der Waals surface area contributed by atoms with Crippen LogP contribution < -0.4 is 4.74 Å². The van der Waals surface area contributed by atoms with E-state index in [1.54, 1.807) is 24.3 Å². The molecule has 0 N–H and O–H groups in total. The van der Waals surface area contributed by atoms with Gasteiger partial charge in [0.15, 0.2) is 0 Å². The van der Waals surface area contributed by atoms with Crippen LogP contribution in [-0.4, -0.2) is 11.0 Å². The third-order valence-corrected chi connectivity index (χ3v) is 1.84. The molecule has 0 spiro atoms. The molecule has 0 amide bonds. The highest BCUT2D eigenvalue weighted by atomic mass is 35.5. The van der Waals surface area contributed by atoms with Crippen LogP contribution >= 0.6 is 11.6 Å². The fourth-order valence-electron chi connectivity index (χ4n) is 0.932. The third-order valence-electron chi connectivity index (χ3n) is 1.61. The number of hydrogen-bond acceptors (Lipinski definition) is 3. The summed E-state index contributed by atoms with van der Waals surface area (Å²) >= 11 is 5.86. The SMILES string of the molecule is C=COC(=O)C(C)(Cl)Oc1ccccc1. The third kappa shape index (κ3) is 3.29. The van der Waals surface area contributed by atoms with Crippen molar-refractivity contribution in [2.75, 3.05) is 0 Å². The molecule has 80 valence electrons. The minimum atomic E-state index is -1.55. The molecular formula is C11H11ClO3. The molecule has 15 heavy (non-hydrogen) atoms. The van der Waals surface area contributed by atoms with E-state index >= 15 is 0 Å². The van der Waals surface area contributed by atoms with Gasteiger partial charge in [0.2, 0.25) is 0 Å². The van der Waals surface area contributed by atoms with Crippen molar-refractivity contribution in [1.29, 1.82) is 0 Å². The highest BCUT2D eigenvalue weighted by molar-refractivity contribution is 6.32. The van der Waals surface area contributed by atoms with Gasteiger partial charge in [-0.05, 0) is 12.1 Å². The number of halogens is 1. The number of ether oxygens (including phenoxy) is 2. The lowest BCUT2D eigenvalue weighted by Crippen LogP contribution is -2.36. The first-order valence-electron chi connectivity index (χ1n) is 4.31. The van der Waals surface area contributed by atoms with Crippen LogP contribution in [0.1, 0.15) is 6.92 Å². The largest absolute Gasteiger partial charge is 0.461 e. The van der Waals surface area contributed by atoms with Gasteiger partial charge in [0.25, 0.3) is 5.06 Å². The van der Waals surface area contributed by atoms with Gasteiger partial charge in [-0.2, -0.15) is 0 Å². The Kier molecular flexibility index (Phi) is 3.74. The summed E-state index contributed by atoms with van der Waals surface area (Å²) in [6, 6.07) is 8.78. The molecule has 0 heterocycles. The predicted octanol–water partition coefficient (Wildman–Crippen LogP) is 2.71. The Morgan fingerprint density at radius 1 is 1.47 bits per heavy atom. The van der Waals surface area contributed by atoms with E-state index in [1.165, 1.54) is 6.92 Å². The number of rotatable bonds is 4. The van der Waals surface area contributed by atoms with Gasteiger partial charge in [0.05, 0.1) is 6.26 Å². The highest BCUT2D eigenvalue weighted by Gasteiger charge is 2.34. The topological polar surface area (TPSA) is 35.5 Å². The maximum absolute atomic E-state index is 11.3. The minimum Gasteiger partial charge on any atom is -0.461 e. The zero-order valence-electron chi connectivity index (χ0n) is 8.27. The first-order chi connectivity index (χ1) is 7.06. The number of esters is 1. The van der Waals surface area contributed by atoms with E-state index < -0.39 is 11.0 Å². The second-order valence-corrected chi connectivity index (χ2v) is 3.63. The van der Waals surface area contributed by atoms with E-state index in [9.17, 15) is 4.79 Å². The number of alkyl halides is 1. The molecule has 1 rings (SSSR count). The van der Waals surface area contributed by atoms with Gasteiger partial charge < -0.3 is 9.47 Å². The van der Waals surface area contributed by atoms with Crippen molar-refractivity contribution < 1.29 is 14.3 Å². The number of benzene rings is 1. The van der Waals surface area contributed by atoms with Crippen LogP contribution in [0.2, 0.25) is 0 Å². The molecule has 0 saturated carbocycles. The normalized spacial score (nSPS) is 13.7. The monoisotopic (exact) mass is 226 g/mol. The fraction of sp³-hybridized carbons (Fsp3) is 0.182. The maximum Gasteiger partial charge on any atom is 0.371 e. The first-order valence-corrected chi connectivity index (χ1v) is 4.69. The lowest BCUT2D eigenvalue weighted by Gasteiger charge is -2.20. The fourth-order valence-corrected chi connectivity index (χ4v) is 1.07. The minimum absolute atomic E-state index is 0.496. The second kappa shape index (κ2) is 4.84. The summed E-state index contributed by atoms with van der Waals surface area (Å²) in [6.07, 6.45) is 1.01. The molecule has 1 unspecified atom stereocenters. The van der Waals surface area contributed by atoms with Crippen LogP contribution in [0.5, 0.6) is 5.75 Å². The molecule has 1 aromatic rings. The quantitative estimate of drug-likeness (QED) is 0.450. The molecule has 0 bridgehead atoms. The summed E-state index contributed by atoms with van der Waals surface area (Å²) in [4.78, 5) is 11.3. The average molecular weight is 227 g/mol. The molecule has 0 aromatic heterocycles. The van der Waals surface area contributed by atoms with E-state index in [1.807, 2.05) is 6.07 Å². The molecule has 0 aliphatic carbocycles. The summed E-state index contributed by atoms with van der Waals surface area (Å²) in [5.41, 5.74) is 0. The molecule has 0 saturated heterocycles. The van der Waals surface area contributed by atoms with Crippen molar-refractivity contribution >= 4 is 17.6 Å². The lowest BCUT2D eigenvalue weighted by molar-refractivity contribution is -0.148. The molecule has 4 heteroatoms. The molecule has 0 fully saturated rings. The zero-order valence-corrected chi connectivity index (χ0v) is 9.03. The van der Waals surface area contributed by atoms with Crippen LogP contribution in [-0.2, 0) is 9.53 Å². The molecule has 0 radical (unpaired) electrons. The summed E-state index contributed by atoms with van der Waals surface area (Å²) in [5, 5.41) is -1.55. The Labute approximate surface area is 93.3 Å². The predicted molar refractivity (Wildman–Crippen MR) is 57.6 cm³/mol. The van der Waals surface area contributed by atoms with E-state index in [2.05, 4.69) is 11.3 Å².